The number of carbonyl (C=O) groups is 1. The highest BCUT2D eigenvalue weighted by Gasteiger charge is 2.37. The van der Waals surface area contributed by atoms with Gasteiger partial charge in [0.15, 0.2) is 0 Å². The van der Waals surface area contributed by atoms with E-state index in [0.717, 1.165) is 6.08 Å². The second-order valence-electron chi connectivity index (χ2n) is 7.50. The topological polar surface area (TPSA) is 120 Å². The molecule has 2 aromatic carbocycles. The van der Waals surface area contributed by atoms with Crippen molar-refractivity contribution in [2.75, 3.05) is 5.32 Å². The molecular weight excluding hydrogens is 445 g/mol. The number of anilines is 2. The highest BCUT2D eigenvalue weighted by molar-refractivity contribution is 7.95. The van der Waals surface area contributed by atoms with Gasteiger partial charge in [-0.2, -0.15) is 5.26 Å². The summed E-state index contributed by atoms with van der Waals surface area (Å²) < 4.78 is 41.7. The van der Waals surface area contributed by atoms with Crippen molar-refractivity contribution in [3.63, 3.8) is 0 Å². The minimum absolute atomic E-state index is 0.0467. The Balaban J connectivity index is 1.72. The number of rotatable bonds is 6. The Morgan fingerprint density at radius 2 is 1.94 bits per heavy atom. The number of allylic oxidation sites excluding steroid dienone is 4. The van der Waals surface area contributed by atoms with Gasteiger partial charge in [-0.05, 0) is 61.0 Å². The van der Waals surface area contributed by atoms with Crippen LogP contribution in [0.15, 0.2) is 92.1 Å². The van der Waals surface area contributed by atoms with Crippen LogP contribution in [0.4, 0.5) is 15.8 Å². The van der Waals surface area contributed by atoms with Crippen LogP contribution in [0.3, 0.4) is 0 Å². The van der Waals surface area contributed by atoms with Gasteiger partial charge in [-0.15, -0.1) is 0 Å². The van der Waals surface area contributed by atoms with Gasteiger partial charge >= 0.3 is 5.97 Å². The van der Waals surface area contributed by atoms with Crippen LogP contribution in [0.25, 0.3) is 0 Å². The molecule has 7 nitrogen and oxygen atoms in total. The summed E-state index contributed by atoms with van der Waals surface area (Å²) in [6.45, 7) is 1.58. The number of carboxylic acids is 1. The van der Waals surface area contributed by atoms with Gasteiger partial charge in [0.2, 0.25) is 9.84 Å². The number of sulfone groups is 1. The fourth-order valence-electron chi connectivity index (χ4n) is 3.79. The SMILES string of the molecule is CC1=C(CC(=O)O)C2=C(S(=O)(=O)c3ccc(Nc4cccc(C#N)c4)cc3)C(F)=CCC2=N1. The smallest absolute Gasteiger partial charge is 0.307 e. The van der Waals surface area contributed by atoms with E-state index in [-0.39, 0.29) is 22.5 Å². The van der Waals surface area contributed by atoms with Crippen molar-refractivity contribution in [1.29, 1.82) is 5.26 Å². The number of carboxylic acid groups (broad SMARTS) is 1. The number of nitriles is 1. The molecule has 1 aliphatic carbocycles. The summed E-state index contributed by atoms with van der Waals surface area (Å²) in [5, 5.41) is 21.3. The number of fused-ring (bicyclic) bond motifs is 1. The molecule has 166 valence electrons. The van der Waals surface area contributed by atoms with Crippen molar-refractivity contribution in [3.8, 4) is 6.07 Å². The van der Waals surface area contributed by atoms with Gasteiger partial charge in [-0.25, -0.2) is 12.8 Å². The summed E-state index contributed by atoms with van der Waals surface area (Å²) in [6.07, 6.45) is 0.778. The van der Waals surface area contributed by atoms with Crippen molar-refractivity contribution >= 4 is 32.9 Å². The van der Waals surface area contributed by atoms with E-state index in [2.05, 4.69) is 10.3 Å². The first-order valence-corrected chi connectivity index (χ1v) is 11.4. The number of nitrogens with zero attached hydrogens (tertiary/aromatic N) is 2. The predicted octanol–water partition coefficient (Wildman–Crippen LogP) is 4.79. The number of hydrogen-bond donors (Lipinski definition) is 2. The Morgan fingerprint density at radius 1 is 1.21 bits per heavy atom. The minimum atomic E-state index is -4.30. The fourth-order valence-corrected chi connectivity index (χ4v) is 5.37. The van der Waals surface area contributed by atoms with E-state index in [4.69, 9.17) is 5.26 Å². The Bertz CT molecular complexity index is 1440. The van der Waals surface area contributed by atoms with Crippen molar-refractivity contribution in [2.24, 2.45) is 4.99 Å². The van der Waals surface area contributed by atoms with Crippen LogP contribution in [-0.2, 0) is 14.6 Å². The van der Waals surface area contributed by atoms with Gasteiger partial charge < -0.3 is 10.4 Å². The van der Waals surface area contributed by atoms with Crippen LogP contribution in [-0.4, -0.2) is 25.2 Å². The maximum Gasteiger partial charge on any atom is 0.307 e. The summed E-state index contributed by atoms with van der Waals surface area (Å²) >= 11 is 0. The number of halogens is 1. The first-order valence-electron chi connectivity index (χ1n) is 9.93. The third kappa shape index (κ3) is 4.21. The highest BCUT2D eigenvalue weighted by atomic mass is 32.2. The first-order chi connectivity index (χ1) is 15.7. The van der Waals surface area contributed by atoms with Crippen molar-refractivity contribution in [1.82, 2.24) is 0 Å². The molecule has 0 spiro atoms. The van der Waals surface area contributed by atoms with Gasteiger partial charge in [0, 0.05) is 29.1 Å². The van der Waals surface area contributed by atoms with Crippen LogP contribution in [0.5, 0.6) is 0 Å². The van der Waals surface area contributed by atoms with Crippen molar-refractivity contribution in [3.05, 3.63) is 87.7 Å². The summed E-state index contributed by atoms with van der Waals surface area (Å²) in [4.78, 5) is 14.9. The molecule has 0 atom stereocenters. The molecule has 33 heavy (non-hydrogen) atoms. The zero-order valence-electron chi connectivity index (χ0n) is 17.5. The van der Waals surface area contributed by atoms with E-state index in [0.29, 0.717) is 28.3 Å². The lowest BCUT2D eigenvalue weighted by Gasteiger charge is -2.18. The van der Waals surface area contributed by atoms with E-state index in [1.807, 2.05) is 6.07 Å². The molecule has 0 fully saturated rings. The van der Waals surface area contributed by atoms with Crippen molar-refractivity contribution in [2.45, 2.75) is 24.7 Å². The summed E-state index contributed by atoms with van der Waals surface area (Å²) in [7, 11) is -4.30. The van der Waals surface area contributed by atoms with Gasteiger partial charge in [-0.1, -0.05) is 6.07 Å². The lowest BCUT2D eigenvalue weighted by atomic mass is 9.94. The molecule has 1 aliphatic heterocycles. The first kappa shape index (κ1) is 22.2. The highest BCUT2D eigenvalue weighted by Crippen LogP contribution is 2.41. The van der Waals surface area contributed by atoms with Gasteiger partial charge in [0.25, 0.3) is 0 Å². The largest absolute Gasteiger partial charge is 0.481 e. The lowest BCUT2D eigenvalue weighted by molar-refractivity contribution is -0.136. The third-order valence-electron chi connectivity index (χ3n) is 5.29. The molecule has 0 radical (unpaired) electrons. The van der Waals surface area contributed by atoms with E-state index in [1.54, 1.807) is 31.2 Å². The maximum absolute atomic E-state index is 14.9. The zero-order chi connectivity index (χ0) is 23.8. The molecule has 0 amide bonds. The standard InChI is InChI=1S/C24H18FN3O4S/c1-14-19(12-22(29)30)23-21(27-14)10-9-20(25)24(23)33(31,32)18-7-5-16(6-8-18)28-17-4-2-3-15(11-17)13-26/h2-9,11,28H,10,12H2,1H3,(H,29,30). The third-order valence-corrected chi connectivity index (χ3v) is 7.12. The second kappa shape index (κ2) is 8.48. The molecule has 0 unspecified atom stereocenters. The summed E-state index contributed by atoms with van der Waals surface area (Å²) in [5.41, 5.74) is 2.67. The van der Waals surface area contributed by atoms with Crippen molar-refractivity contribution < 1.29 is 22.7 Å². The van der Waals surface area contributed by atoms with Gasteiger partial charge in [0.1, 0.15) is 10.7 Å². The summed E-state index contributed by atoms with van der Waals surface area (Å²) in [5.74, 6) is -2.08. The molecule has 0 aromatic heterocycles. The second-order valence-corrected chi connectivity index (χ2v) is 9.39. The molecule has 9 heteroatoms. The normalized spacial score (nSPS) is 15.5. The summed E-state index contributed by atoms with van der Waals surface area (Å²) in [6, 6.07) is 14.6. The number of nitrogens with one attached hydrogen (secondary N) is 1. The molecular formula is C24H18FN3O4S. The molecule has 2 aliphatic rings. The Kier molecular flexibility index (Phi) is 5.70. The molecule has 0 bridgehead atoms. The molecule has 4 rings (SSSR count). The van der Waals surface area contributed by atoms with Crippen LogP contribution in [0.1, 0.15) is 25.3 Å². The van der Waals surface area contributed by atoms with Crippen LogP contribution in [0.2, 0.25) is 0 Å². The van der Waals surface area contributed by atoms with Crippen LogP contribution in [0, 0.1) is 11.3 Å². The predicted molar refractivity (Wildman–Crippen MR) is 121 cm³/mol. The van der Waals surface area contributed by atoms with Gasteiger partial charge in [-0.3, -0.25) is 9.79 Å². The average molecular weight is 463 g/mol. The van der Waals surface area contributed by atoms with Gasteiger partial charge in [0.05, 0.1) is 28.7 Å². The number of aliphatic carboxylic acids is 1. The molecule has 2 N–H and O–H groups in total. The van der Waals surface area contributed by atoms with E-state index in [1.165, 1.54) is 24.3 Å². The number of hydrogen-bond acceptors (Lipinski definition) is 6. The monoisotopic (exact) mass is 463 g/mol. The van der Waals surface area contributed by atoms with E-state index in [9.17, 15) is 22.7 Å². The lowest BCUT2D eigenvalue weighted by Crippen LogP contribution is -2.17. The average Bonchev–Trinajstić information content (AvgIpc) is 3.08. The van der Waals surface area contributed by atoms with E-state index < -0.39 is 33.0 Å². The zero-order valence-corrected chi connectivity index (χ0v) is 18.3. The Morgan fingerprint density at radius 3 is 2.61 bits per heavy atom. The molecule has 1 heterocycles. The minimum Gasteiger partial charge on any atom is -0.481 e. The Hall–Kier alpha value is -4.03. The number of aliphatic imine (C=N–C) groups is 1. The van der Waals surface area contributed by atoms with Crippen LogP contribution < -0.4 is 5.32 Å². The molecule has 0 saturated carbocycles. The molecule has 2 aromatic rings. The maximum atomic E-state index is 14.9. The molecule has 0 saturated heterocycles. The van der Waals surface area contributed by atoms with Crippen LogP contribution >= 0.6 is 0 Å². The Labute approximate surface area is 189 Å². The quantitative estimate of drug-likeness (QED) is 0.636. The fraction of sp³-hybridized carbons (Fsp3) is 0.125. The number of benzene rings is 2. The van der Waals surface area contributed by atoms with E-state index >= 15 is 0 Å².